The van der Waals surface area contributed by atoms with Crippen LogP contribution in [0.4, 0.5) is 11.5 Å². The Hall–Kier alpha value is -1.14. The van der Waals surface area contributed by atoms with Crippen LogP contribution in [-0.4, -0.2) is 36.7 Å². The molecule has 0 spiro atoms. The first-order valence-electron chi connectivity index (χ1n) is 6.01. The van der Waals surface area contributed by atoms with Gasteiger partial charge in [-0.3, -0.25) is 4.79 Å². The fourth-order valence-corrected chi connectivity index (χ4v) is 2.95. The summed E-state index contributed by atoms with van der Waals surface area (Å²) in [7, 11) is 0. The number of pyridine rings is 1. The van der Waals surface area contributed by atoms with Crippen LogP contribution in [0.1, 0.15) is 6.92 Å². The highest BCUT2D eigenvalue weighted by Crippen LogP contribution is 2.35. The predicted octanol–water partition coefficient (Wildman–Crippen LogP) is 1.64. The van der Waals surface area contributed by atoms with E-state index in [1.165, 1.54) is 0 Å². The number of rotatable bonds is 1. The number of ether oxygens (including phenoxy) is 1. The Labute approximate surface area is 114 Å². The van der Waals surface area contributed by atoms with Crippen molar-refractivity contribution in [2.24, 2.45) is 5.92 Å². The first kappa shape index (κ1) is 11.9. The van der Waals surface area contributed by atoms with Crippen LogP contribution in [0.2, 0.25) is 0 Å². The minimum Gasteiger partial charge on any atom is -0.378 e. The average molecular weight is 312 g/mol. The Morgan fingerprint density at radius 1 is 1.61 bits per heavy atom. The summed E-state index contributed by atoms with van der Waals surface area (Å²) in [6.45, 7) is 3.95. The Bertz CT molecular complexity index is 494. The molecule has 2 aliphatic heterocycles. The summed E-state index contributed by atoms with van der Waals surface area (Å²) in [5.41, 5.74) is 0.769. The van der Waals surface area contributed by atoms with Gasteiger partial charge in [0.25, 0.3) is 0 Å². The van der Waals surface area contributed by atoms with E-state index < -0.39 is 0 Å². The van der Waals surface area contributed by atoms with Gasteiger partial charge in [0.15, 0.2) is 5.82 Å². The summed E-state index contributed by atoms with van der Waals surface area (Å²) in [4.78, 5) is 18.8. The van der Waals surface area contributed by atoms with Crippen LogP contribution in [-0.2, 0) is 9.53 Å². The van der Waals surface area contributed by atoms with E-state index in [9.17, 15) is 4.79 Å². The zero-order chi connectivity index (χ0) is 12.7. The second-order valence-electron chi connectivity index (χ2n) is 4.51. The van der Waals surface area contributed by atoms with Crippen molar-refractivity contribution < 1.29 is 9.53 Å². The maximum Gasteiger partial charge on any atom is 0.232 e. The van der Waals surface area contributed by atoms with E-state index in [2.05, 4.69) is 38.1 Å². The third kappa shape index (κ3) is 1.80. The van der Waals surface area contributed by atoms with E-state index in [4.69, 9.17) is 4.74 Å². The minimum absolute atomic E-state index is 0.0228. The topological polar surface area (TPSA) is 54.5 Å². The van der Waals surface area contributed by atoms with Crippen LogP contribution in [0, 0.1) is 5.92 Å². The molecular formula is C12H14BrN3O2. The van der Waals surface area contributed by atoms with Crippen molar-refractivity contribution in [2.75, 3.05) is 30.0 Å². The number of fused-ring (bicyclic) bond motifs is 2. The maximum atomic E-state index is 12.2. The van der Waals surface area contributed by atoms with Crippen LogP contribution in [0.3, 0.4) is 0 Å². The van der Waals surface area contributed by atoms with Crippen molar-refractivity contribution in [2.45, 2.75) is 13.0 Å². The van der Waals surface area contributed by atoms with Crippen molar-refractivity contribution in [3.8, 4) is 0 Å². The summed E-state index contributed by atoms with van der Waals surface area (Å²) in [6, 6.07) is 1.98. The van der Waals surface area contributed by atoms with Gasteiger partial charge in [0, 0.05) is 17.2 Å². The molecule has 1 aromatic heterocycles. The molecule has 1 fully saturated rings. The molecule has 0 radical (unpaired) electrons. The first-order valence-corrected chi connectivity index (χ1v) is 6.80. The van der Waals surface area contributed by atoms with Gasteiger partial charge in [0.1, 0.15) is 0 Å². The Balaban J connectivity index is 2.09. The van der Waals surface area contributed by atoms with E-state index in [0.717, 1.165) is 22.5 Å². The summed E-state index contributed by atoms with van der Waals surface area (Å²) < 4.78 is 6.31. The van der Waals surface area contributed by atoms with Crippen molar-refractivity contribution >= 4 is 33.3 Å². The van der Waals surface area contributed by atoms with Gasteiger partial charge in [-0.2, -0.15) is 0 Å². The van der Waals surface area contributed by atoms with Crippen molar-refractivity contribution in [3.05, 3.63) is 16.7 Å². The van der Waals surface area contributed by atoms with Gasteiger partial charge < -0.3 is 15.0 Å². The third-order valence-electron chi connectivity index (χ3n) is 3.49. The zero-order valence-corrected chi connectivity index (χ0v) is 11.6. The molecule has 2 atom stereocenters. The Morgan fingerprint density at radius 3 is 3.22 bits per heavy atom. The molecule has 3 rings (SSSR count). The normalized spacial score (nSPS) is 26.3. The highest BCUT2D eigenvalue weighted by molar-refractivity contribution is 9.10. The number of anilines is 2. The molecule has 2 aliphatic rings. The largest absolute Gasteiger partial charge is 0.378 e. The van der Waals surface area contributed by atoms with Crippen LogP contribution in [0.15, 0.2) is 16.7 Å². The number of hydrogen-bond donors (Lipinski definition) is 1. The summed E-state index contributed by atoms with van der Waals surface area (Å²) in [6.07, 6.45) is 1.75. The summed E-state index contributed by atoms with van der Waals surface area (Å²) in [5.74, 6) is 0.736. The lowest BCUT2D eigenvalue weighted by molar-refractivity contribution is -0.120. The lowest BCUT2D eigenvalue weighted by Gasteiger charge is -2.28. The molecule has 0 aliphatic carbocycles. The monoisotopic (exact) mass is 311 g/mol. The Kier molecular flexibility index (Phi) is 2.99. The van der Waals surface area contributed by atoms with Crippen LogP contribution < -0.4 is 10.2 Å². The van der Waals surface area contributed by atoms with E-state index in [-0.39, 0.29) is 17.9 Å². The van der Waals surface area contributed by atoms with E-state index in [1.807, 2.05) is 6.07 Å². The molecule has 0 saturated carbocycles. The van der Waals surface area contributed by atoms with Crippen molar-refractivity contribution in [3.63, 3.8) is 0 Å². The van der Waals surface area contributed by atoms with Crippen molar-refractivity contribution in [1.82, 2.24) is 4.98 Å². The van der Waals surface area contributed by atoms with Crippen LogP contribution in [0.25, 0.3) is 0 Å². The lowest BCUT2D eigenvalue weighted by Crippen LogP contribution is -2.42. The minimum atomic E-state index is -0.113. The highest BCUT2D eigenvalue weighted by Gasteiger charge is 2.41. The molecule has 3 heterocycles. The fourth-order valence-electron chi connectivity index (χ4n) is 2.62. The predicted molar refractivity (Wildman–Crippen MR) is 71.7 cm³/mol. The number of nitrogens with zero attached hydrogens (tertiary/aromatic N) is 2. The number of hydrogen-bond acceptors (Lipinski definition) is 4. The van der Waals surface area contributed by atoms with Gasteiger partial charge in [-0.1, -0.05) is 0 Å². The maximum absolute atomic E-state index is 12.2. The molecule has 1 saturated heterocycles. The van der Waals surface area contributed by atoms with E-state index >= 15 is 0 Å². The van der Waals surface area contributed by atoms with E-state index in [0.29, 0.717) is 13.2 Å². The van der Waals surface area contributed by atoms with Crippen LogP contribution >= 0.6 is 15.9 Å². The number of aromatic nitrogens is 1. The molecule has 1 N–H and O–H groups in total. The van der Waals surface area contributed by atoms with Gasteiger partial charge in [0.05, 0.1) is 30.9 Å². The van der Waals surface area contributed by atoms with Gasteiger partial charge in [-0.15, -0.1) is 0 Å². The third-order valence-corrected chi connectivity index (χ3v) is 3.93. The molecule has 0 aromatic carbocycles. The van der Waals surface area contributed by atoms with Gasteiger partial charge in [-0.05, 0) is 28.9 Å². The number of likely N-dealkylation sites (N-methyl/N-ethyl adjacent to an activating group) is 1. The molecule has 2 unspecified atom stereocenters. The van der Waals surface area contributed by atoms with E-state index in [1.54, 1.807) is 6.20 Å². The second kappa shape index (κ2) is 4.51. The standard InChI is InChI=1S/C12H14BrN3O2/c1-2-16-10-6-18-5-8(10)12(17)15-9-3-7(13)4-14-11(9)16/h3-4,8,10H,2,5-6H2,1H3,(H,15,17). The Morgan fingerprint density at radius 2 is 2.44 bits per heavy atom. The van der Waals surface area contributed by atoms with Gasteiger partial charge >= 0.3 is 0 Å². The molecule has 1 aromatic rings. The summed E-state index contributed by atoms with van der Waals surface area (Å²) in [5, 5.41) is 2.95. The zero-order valence-electron chi connectivity index (χ0n) is 10.0. The summed E-state index contributed by atoms with van der Waals surface area (Å²) >= 11 is 3.38. The smallest absolute Gasteiger partial charge is 0.232 e. The number of nitrogens with one attached hydrogen (secondary N) is 1. The SMILES string of the molecule is CCN1c2ncc(Br)cc2NC(=O)C2COCC21. The molecule has 0 bridgehead atoms. The quantitative estimate of drug-likeness (QED) is 0.856. The van der Waals surface area contributed by atoms with Crippen LogP contribution in [0.5, 0.6) is 0 Å². The highest BCUT2D eigenvalue weighted by atomic mass is 79.9. The molecule has 5 nitrogen and oxygen atoms in total. The lowest BCUT2D eigenvalue weighted by atomic mass is 10.0. The second-order valence-corrected chi connectivity index (χ2v) is 5.43. The molecule has 6 heteroatoms. The molecule has 96 valence electrons. The molecule has 18 heavy (non-hydrogen) atoms. The number of carbonyl (C=O) groups is 1. The first-order chi connectivity index (χ1) is 8.70. The van der Waals surface area contributed by atoms with Crippen molar-refractivity contribution in [1.29, 1.82) is 0 Å². The number of amides is 1. The van der Waals surface area contributed by atoms with Gasteiger partial charge in [-0.25, -0.2) is 4.98 Å². The number of halogens is 1. The molecule has 1 amide bonds. The number of carbonyl (C=O) groups excluding carboxylic acids is 1. The average Bonchev–Trinajstić information content (AvgIpc) is 2.78. The molecular weight excluding hydrogens is 298 g/mol. The van der Waals surface area contributed by atoms with Gasteiger partial charge in [0.2, 0.25) is 5.91 Å². The fraction of sp³-hybridized carbons (Fsp3) is 0.500.